The summed E-state index contributed by atoms with van der Waals surface area (Å²) in [4.78, 5) is 19.5. The van der Waals surface area contributed by atoms with Gasteiger partial charge in [-0.1, -0.05) is 17.7 Å². The zero-order valence-electron chi connectivity index (χ0n) is 15.7. The highest BCUT2D eigenvalue weighted by molar-refractivity contribution is 5.74. The van der Waals surface area contributed by atoms with Crippen LogP contribution in [-0.2, 0) is 5.54 Å². The van der Waals surface area contributed by atoms with Crippen molar-refractivity contribution in [2.75, 3.05) is 18.5 Å². The van der Waals surface area contributed by atoms with E-state index in [1.807, 2.05) is 52.0 Å². The number of nitrogens with zero attached hydrogens (tertiary/aromatic N) is 3. The van der Waals surface area contributed by atoms with Crippen molar-refractivity contribution in [3.8, 4) is 5.75 Å². The molecule has 3 aromatic rings. The predicted octanol–water partition coefficient (Wildman–Crippen LogP) is 3.06. The Kier molecular flexibility index (Phi) is 4.97. The molecule has 2 heterocycles. The molecule has 0 aliphatic rings. The van der Waals surface area contributed by atoms with Crippen LogP contribution in [0.1, 0.15) is 32.8 Å². The highest BCUT2D eigenvalue weighted by Crippen LogP contribution is 2.18. The first-order chi connectivity index (χ1) is 12.3. The predicted molar refractivity (Wildman–Crippen MR) is 103 cm³/mol. The van der Waals surface area contributed by atoms with Crippen LogP contribution in [0.4, 0.5) is 5.95 Å². The summed E-state index contributed by atoms with van der Waals surface area (Å²) in [6.45, 7) is 9.35. The van der Waals surface area contributed by atoms with Gasteiger partial charge in [-0.15, -0.1) is 0 Å². The molecule has 0 aliphatic carbocycles. The van der Waals surface area contributed by atoms with Crippen molar-refractivity contribution in [2.24, 2.45) is 0 Å². The minimum absolute atomic E-state index is 0.191. The molecule has 7 heteroatoms. The Hall–Kier alpha value is -2.83. The van der Waals surface area contributed by atoms with E-state index in [9.17, 15) is 4.79 Å². The van der Waals surface area contributed by atoms with E-state index in [0.29, 0.717) is 30.1 Å². The second-order valence-corrected chi connectivity index (χ2v) is 7.32. The van der Waals surface area contributed by atoms with Gasteiger partial charge in [-0.3, -0.25) is 9.78 Å². The summed E-state index contributed by atoms with van der Waals surface area (Å²) in [5.74, 6) is 1.31. The molecule has 138 valence electrons. The number of aryl methyl sites for hydroxylation is 1. The highest BCUT2D eigenvalue weighted by Gasteiger charge is 2.19. The largest absolute Gasteiger partial charge is 0.494 e. The molecule has 0 spiro atoms. The summed E-state index contributed by atoms with van der Waals surface area (Å²) >= 11 is 0. The quantitative estimate of drug-likeness (QED) is 0.664. The molecule has 2 N–H and O–H groups in total. The number of ether oxygens (including phenoxy) is 1. The van der Waals surface area contributed by atoms with E-state index in [1.165, 1.54) is 5.56 Å². The van der Waals surface area contributed by atoms with Crippen LogP contribution in [-0.4, -0.2) is 32.9 Å². The zero-order valence-corrected chi connectivity index (χ0v) is 15.7. The third kappa shape index (κ3) is 4.04. The summed E-state index contributed by atoms with van der Waals surface area (Å²) in [7, 11) is 0. The molecular weight excluding hydrogens is 330 g/mol. The van der Waals surface area contributed by atoms with Crippen LogP contribution in [0.25, 0.3) is 11.0 Å². The minimum atomic E-state index is -0.248. The number of aromatic nitrogens is 4. The van der Waals surface area contributed by atoms with Gasteiger partial charge in [-0.25, -0.2) is 4.68 Å². The van der Waals surface area contributed by atoms with Crippen LogP contribution in [0.15, 0.2) is 35.3 Å². The second-order valence-electron chi connectivity index (χ2n) is 7.32. The minimum Gasteiger partial charge on any atom is -0.494 e. The average Bonchev–Trinajstić information content (AvgIpc) is 3.01. The monoisotopic (exact) mass is 355 g/mol. The third-order valence-electron chi connectivity index (χ3n) is 3.98. The number of anilines is 1. The molecule has 0 aliphatic heterocycles. The van der Waals surface area contributed by atoms with Crippen LogP contribution in [0.5, 0.6) is 5.75 Å². The maximum absolute atomic E-state index is 12.2. The Morgan fingerprint density at radius 2 is 1.96 bits per heavy atom. The molecule has 0 atom stereocenters. The summed E-state index contributed by atoms with van der Waals surface area (Å²) in [5, 5.41) is 7.95. The van der Waals surface area contributed by atoms with Gasteiger partial charge in [0.2, 0.25) is 5.95 Å². The lowest BCUT2D eigenvalue weighted by Gasteiger charge is -2.19. The van der Waals surface area contributed by atoms with E-state index in [1.54, 1.807) is 10.9 Å². The van der Waals surface area contributed by atoms with Gasteiger partial charge in [0.25, 0.3) is 5.56 Å². The van der Waals surface area contributed by atoms with Gasteiger partial charge in [0.15, 0.2) is 5.65 Å². The molecule has 3 rings (SSSR count). The Morgan fingerprint density at radius 3 is 2.65 bits per heavy atom. The molecule has 0 fully saturated rings. The first-order valence-electron chi connectivity index (χ1n) is 8.76. The fourth-order valence-corrected chi connectivity index (χ4v) is 2.60. The van der Waals surface area contributed by atoms with E-state index in [4.69, 9.17) is 4.74 Å². The van der Waals surface area contributed by atoms with Gasteiger partial charge >= 0.3 is 0 Å². The topological polar surface area (TPSA) is 84.8 Å². The third-order valence-corrected chi connectivity index (χ3v) is 3.98. The van der Waals surface area contributed by atoms with Crippen molar-refractivity contribution in [3.05, 3.63) is 46.4 Å². The van der Waals surface area contributed by atoms with E-state index < -0.39 is 0 Å². The SMILES string of the molecule is Cc1ccc(OCCCNc2nc3c(cnn3C(C)(C)C)c(=O)[nH]2)cc1. The fourth-order valence-electron chi connectivity index (χ4n) is 2.60. The number of fused-ring (bicyclic) bond motifs is 1. The van der Waals surface area contributed by atoms with Crippen LogP contribution >= 0.6 is 0 Å². The highest BCUT2D eigenvalue weighted by atomic mass is 16.5. The maximum atomic E-state index is 12.2. The molecule has 0 radical (unpaired) electrons. The number of nitrogens with one attached hydrogen (secondary N) is 2. The lowest BCUT2D eigenvalue weighted by molar-refractivity contribution is 0.315. The number of hydrogen-bond donors (Lipinski definition) is 2. The second kappa shape index (κ2) is 7.19. The summed E-state index contributed by atoms with van der Waals surface area (Å²) in [6, 6.07) is 7.97. The number of benzene rings is 1. The Morgan fingerprint density at radius 1 is 1.23 bits per heavy atom. The van der Waals surface area contributed by atoms with Crippen LogP contribution in [0, 0.1) is 6.92 Å². The van der Waals surface area contributed by atoms with Gasteiger partial charge in [0, 0.05) is 6.54 Å². The first kappa shape index (κ1) is 18.0. The Labute approximate surface area is 152 Å². The molecule has 1 aromatic carbocycles. The van der Waals surface area contributed by atoms with Gasteiger partial charge in [-0.05, 0) is 46.2 Å². The molecular formula is C19H25N5O2. The molecule has 0 bridgehead atoms. The van der Waals surface area contributed by atoms with Crippen molar-refractivity contribution < 1.29 is 4.74 Å². The van der Waals surface area contributed by atoms with Crippen LogP contribution in [0.3, 0.4) is 0 Å². The van der Waals surface area contributed by atoms with Crippen molar-refractivity contribution in [1.29, 1.82) is 0 Å². The number of rotatable bonds is 6. The lowest BCUT2D eigenvalue weighted by atomic mass is 10.1. The van der Waals surface area contributed by atoms with Gasteiger partial charge in [0.05, 0.1) is 18.3 Å². The van der Waals surface area contributed by atoms with Gasteiger partial charge < -0.3 is 10.1 Å². The number of aromatic amines is 1. The lowest BCUT2D eigenvalue weighted by Crippen LogP contribution is -2.24. The molecule has 0 unspecified atom stereocenters. The maximum Gasteiger partial charge on any atom is 0.263 e. The van der Waals surface area contributed by atoms with Crippen molar-refractivity contribution in [3.63, 3.8) is 0 Å². The Balaban J connectivity index is 1.60. The molecule has 2 aromatic heterocycles. The van der Waals surface area contributed by atoms with Gasteiger partial charge in [0.1, 0.15) is 11.1 Å². The summed E-state index contributed by atoms with van der Waals surface area (Å²) < 4.78 is 7.46. The van der Waals surface area contributed by atoms with Crippen LogP contribution < -0.4 is 15.6 Å². The number of H-pyrrole nitrogens is 1. The molecule has 0 amide bonds. The molecule has 0 saturated carbocycles. The van der Waals surface area contributed by atoms with Gasteiger partial charge in [-0.2, -0.15) is 10.1 Å². The zero-order chi connectivity index (χ0) is 18.7. The molecule has 0 saturated heterocycles. The average molecular weight is 355 g/mol. The Bertz CT molecular complexity index is 935. The first-order valence-corrected chi connectivity index (χ1v) is 8.76. The molecule has 7 nitrogen and oxygen atoms in total. The molecule has 26 heavy (non-hydrogen) atoms. The van der Waals surface area contributed by atoms with Crippen molar-refractivity contribution in [2.45, 2.75) is 39.7 Å². The summed E-state index contributed by atoms with van der Waals surface area (Å²) in [5.41, 5.74) is 1.35. The van der Waals surface area contributed by atoms with Crippen molar-refractivity contribution in [1.82, 2.24) is 19.7 Å². The van der Waals surface area contributed by atoms with Crippen molar-refractivity contribution >= 4 is 17.0 Å². The van der Waals surface area contributed by atoms with E-state index in [2.05, 4.69) is 20.4 Å². The number of hydrogen-bond acceptors (Lipinski definition) is 5. The van der Waals surface area contributed by atoms with E-state index >= 15 is 0 Å². The smallest absolute Gasteiger partial charge is 0.263 e. The fraction of sp³-hybridized carbons (Fsp3) is 0.421. The van der Waals surface area contributed by atoms with Crippen LogP contribution in [0.2, 0.25) is 0 Å². The standard InChI is InChI=1S/C19H25N5O2/c1-13-6-8-14(9-7-13)26-11-5-10-20-18-22-16-15(17(25)23-18)12-21-24(16)19(2,3)4/h6-9,12H,5,10-11H2,1-4H3,(H2,20,22,23,25). The summed E-state index contributed by atoms with van der Waals surface area (Å²) in [6.07, 6.45) is 2.35. The normalized spacial score (nSPS) is 11.7. The van der Waals surface area contributed by atoms with E-state index in [-0.39, 0.29) is 11.1 Å². The van der Waals surface area contributed by atoms with E-state index in [0.717, 1.165) is 12.2 Å².